The summed E-state index contributed by atoms with van der Waals surface area (Å²) in [6.45, 7) is 8.23. The minimum Gasteiger partial charge on any atom is -0.389 e. The zero-order chi connectivity index (χ0) is 10.4. The molecule has 2 atom stereocenters. The van der Waals surface area contributed by atoms with Crippen LogP contribution in [0.15, 0.2) is 0 Å². The van der Waals surface area contributed by atoms with E-state index in [1.54, 1.807) is 0 Å². The summed E-state index contributed by atoms with van der Waals surface area (Å²) in [5.41, 5.74) is 0. The Hall–Kier alpha value is 0.350. The van der Waals surface area contributed by atoms with Gasteiger partial charge in [-0.1, -0.05) is 27.7 Å². The van der Waals surface area contributed by atoms with Crippen LogP contribution in [0.25, 0.3) is 0 Å². The van der Waals surface area contributed by atoms with E-state index in [1.807, 2.05) is 13.8 Å². The fourth-order valence-electron chi connectivity index (χ4n) is 1.33. The van der Waals surface area contributed by atoms with Crippen molar-refractivity contribution in [2.24, 2.45) is 5.92 Å². The first-order valence-electron chi connectivity index (χ1n) is 5.14. The number of rotatable bonds is 6. The van der Waals surface area contributed by atoms with Crippen LogP contribution in [0.2, 0.25) is 0 Å². The predicted molar refractivity (Wildman–Crippen MR) is 59.2 cm³/mol. The van der Waals surface area contributed by atoms with E-state index in [9.17, 15) is 10.2 Å². The molecular weight excluding hydrogens is 183 g/mol. The van der Waals surface area contributed by atoms with Crippen LogP contribution < -0.4 is 0 Å². The molecule has 2 nitrogen and oxygen atoms in total. The molecule has 0 spiro atoms. The second kappa shape index (κ2) is 6.75. The van der Waals surface area contributed by atoms with Gasteiger partial charge in [-0.25, -0.2) is 0 Å². The molecule has 0 aliphatic heterocycles. The van der Waals surface area contributed by atoms with Crippen molar-refractivity contribution in [3.8, 4) is 0 Å². The van der Waals surface area contributed by atoms with E-state index < -0.39 is 7.92 Å². The van der Waals surface area contributed by atoms with Gasteiger partial charge in [0.05, 0.1) is 11.7 Å². The summed E-state index contributed by atoms with van der Waals surface area (Å²) in [5, 5.41) is 19.5. The van der Waals surface area contributed by atoms with Gasteiger partial charge >= 0.3 is 0 Å². The Morgan fingerprint density at radius 2 is 1.38 bits per heavy atom. The summed E-state index contributed by atoms with van der Waals surface area (Å²) in [7, 11) is -0.612. The molecular formula is C10H23O2P. The Morgan fingerprint density at radius 3 is 1.62 bits per heavy atom. The summed E-state index contributed by atoms with van der Waals surface area (Å²) < 4.78 is 0. The Morgan fingerprint density at radius 1 is 1.00 bits per heavy atom. The molecule has 0 amide bonds. The number of aliphatic hydroxyl groups is 2. The maximum atomic E-state index is 9.74. The van der Waals surface area contributed by atoms with Gasteiger partial charge in [-0.15, -0.1) is 0 Å². The van der Waals surface area contributed by atoms with Crippen molar-refractivity contribution < 1.29 is 10.2 Å². The van der Waals surface area contributed by atoms with Crippen molar-refractivity contribution >= 4 is 7.92 Å². The number of hydrogen-bond acceptors (Lipinski definition) is 2. The van der Waals surface area contributed by atoms with Gasteiger partial charge < -0.3 is 10.2 Å². The minimum atomic E-state index is -0.612. The van der Waals surface area contributed by atoms with E-state index in [2.05, 4.69) is 13.8 Å². The molecule has 0 aromatic carbocycles. The number of aliphatic hydroxyl groups excluding tert-OH is 2. The van der Waals surface area contributed by atoms with Gasteiger partial charge in [0.2, 0.25) is 0 Å². The molecule has 0 saturated heterocycles. The van der Waals surface area contributed by atoms with E-state index in [-0.39, 0.29) is 11.7 Å². The third-order valence-electron chi connectivity index (χ3n) is 2.07. The highest BCUT2D eigenvalue weighted by molar-refractivity contribution is 7.58. The molecule has 0 saturated carbocycles. The molecule has 2 unspecified atom stereocenters. The van der Waals surface area contributed by atoms with Crippen molar-refractivity contribution in [2.75, 3.05) is 6.16 Å². The molecule has 2 N–H and O–H groups in total. The van der Waals surface area contributed by atoms with Gasteiger partial charge in [0, 0.05) is 0 Å². The van der Waals surface area contributed by atoms with Crippen LogP contribution in [0, 0.1) is 5.92 Å². The zero-order valence-corrected chi connectivity index (χ0v) is 10.1. The normalized spacial score (nSPS) is 18.7. The first-order valence-corrected chi connectivity index (χ1v) is 6.81. The molecule has 0 aromatic heterocycles. The van der Waals surface area contributed by atoms with E-state index in [1.165, 1.54) is 0 Å². The molecule has 0 rings (SSSR count). The predicted octanol–water partition coefficient (Wildman–Crippen LogP) is 2.58. The van der Waals surface area contributed by atoms with Crippen molar-refractivity contribution in [1.82, 2.24) is 0 Å². The average Bonchev–Trinajstić information content (AvgIpc) is 2.11. The largest absolute Gasteiger partial charge is 0.389 e. The molecule has 0 bridgehead atoms. The highest BCUT2D eigenvalue weighted by Gasteiger charge is 2.24. The standard InChI is InChI=1S/C10H23O2P/c1-5-9(11)13(7-8(3)4)10(12)6-2/h8-12H,5-7H2,1-4H3. The average molecular weight is 206 g/mol. The lowest BCUT2D eigenvalue weighted by Gasteiger charge is -2.28. The quantitative estimate of drug-likeness (QED) is 0.656. The van der Waals surface area contributed by atoms with Gasteiger partial charge in [0.15, 0.2) is 0 Å². The highest BCUT2D eigenvalue weighted by Crippen LogP contribution is 2.47. The molecule has 0 radical (unpaired) electrons. The maximum Gasteiger partial charge on any atom is 0.0753 e. The number of hydrogen-bond donors (Lipinski definition) is 2. The first-order chi connectivity index (χ1) is 6.02. The molecule has 0 aromatic rings. The monoisotopic (exact) mass is 206 g/mol. The van der Waals surface area contributed by atoms with Gasteiger partial charge in [0.25, 0.3) is 0 Å². The first kappa shape index (κ1) is 13.4. The summed E-state index contributed by atoms with van der Waals surface area (Å²) >= 11 is 0. The second-order valence-electron chi connectivity index (χ2n) is 3.87. The van der Waals surface area contributed by atoms with Crippen LogP contribution in [0.3, 0.4) is 0 Å². The van der Waals surface area contributed by atoms with Crippen LogP contribution in [0.5, 0.6) is 0 Å². The van der Waals surface area contributed by atoms with E-state index in [4.69, 9.17) is 0 Å². The molecule has 0 aliphatic rings. The zero-order valence-electron chi connectivity index (χ0n) is 9.20. The van der Waals surface area contributed by atoms with Gasteiger partial charge in [-0.05, 0) is 32.8 Å². The fourth-order valence-corrected chi connectivity index (χ4v) is 4.00. The summed E-state index contributed by atoms with van der Waals surface area (Å²) in [5.74, 6) is -0.00629. The van der Waals surface area contributed by atoms with Crippen LogP contribution in [-0.2, 0) is 0 Å². The summed E-state index contributed by atoms with van der Waals surface area (Å²) in [4.78, 5) is 0. The Balaban J connectivity index is 4.17. The molecule has 0 heterocycles. The van der Waals surface area contributed by atoms with Crippen molar-refractivity contribution in [3.05, 3.63) is 0 Å². The van der Waals surface area contributed by atoms with Gasteiger partial charge in [0.1, 0.15) is 0 Å². The second-order valence-corrected chi connectivity index (χ2v) is 6.45. The lowest BCUT2D eigenvalue weighted by atomic mass is 10.3. The van der Waals surface area contributed by atoms with E-state index in [0.717, 1.165) is 19.0 Å². The molecule has 13 heavy (non-hydrogen) atoms. The van der Waals surface area contributed by atoms with E-state index in [0.29, 0.717) is 5.92 Å². The van der Waals surface area contributed by atoms with Crippen LogP contribution >= 0.6 is 7.92 Å². The smallest absolute Gasteiger partial charge is 0.0753 e. The van der Waals surface area contributed by atoms with Crippen LogP contribution in [-0.4, -0.2) is 28.1 Å². The molecule has 0 fully saturated rings. The Kier molecular flexibility index (Phi) is 6.93. The third-order valence-corrected chi connectivity index (χ3v) is 5.49. The Labute approximate surface area is 83.1 Å². The van der Waals surface area contributed by atoms with Crippen LogP contribution in [0.1, 0.15) is 40.5 Å². The van der Waals surface area contributed by atoms with Crippen LogP contribution in [0.4, 0.5) is 0 Å². The topological polar surface area (TPSA) is 40.5 Å². The van der Waals surface area contributed by atoms with Crippen molar-refractivity contribution in [3.63, 3.8) is 0 Å². The fraction of sp³-hybridized carbons (Fsp3) is 1.00. The van der Waals surface area contributed by atoms with Crippen molar-refractivity contribution in [1.29, 1.82) is 0 Å². The van der Waals surface area contributed by atoms with Gasteiger partial charge in [-0.2, -0.15) is 0 Å². The molecule has 0 aliphatic carbocycles. The molecule has 3 heteroatoms. The Bertz CT molecular complexity index is 118. The summed E-state index contributed by atoms with van der Waals surface area (Å²) in [6, 6.07) is 0. The molecule has 80 valence electrons. The van der Waals surface area contributed by atoms with E-state index >= 15 is 0 Å². The minimum absolute atomic E-state index is 0.285. The highest BCUT2D eigenvalue weighted by atomic mass is 31.1. The van der Waals surface area contributed by atoms with Crippen molar-refractivity contribution in [2.45, 2.75) is 52.2 Å². The maximum absolute atomic E-state index is 9.74. The summed E-state index contributed by atoms with van der Waals surface area (Å²) in [6.07, 6.45) is 2.49. The SMILES string of the molecule is CCC(O)P(CC(C)C)C(O)CC. The lowest BCUT2D eigenvalue weighted by Crippen LogP contribution is -2.17. The van der Waals surface area contributed by atoms with Gasteiger partial charge in [-0.3, -0.25) is 0 Å². The lowest BCUT2D eigenvalue weighted by molar-refractivity contribution is 0.218. The third kappa shape index (κ3) is 4.95.